The van der Waals surface area contributed by atoms with E-state index in [1.807, 2.05) is 0 Å². The van der Waals surface area contributed by atoms with Gasteiger partial charge in [-0.05, 0) is 51.7 Å². The zero-order chi connectivity index (χ0) is 58.6. The van der Waals surface area contributed by atoms with Crippen molar-refractivity contribution in [3.05, 3.63) is 86.7 Å². The Morgan fingerprint density at radius 3 is 2.30 bits per heavy atom. The second kappa shape index (κ2) is 22.8. The number of piperidine rings is 1. The van der Waals surface area contributed by atoms with E-state index in [2.05, 4.69) is 10.4 Å². The monoisotopic (exact) mass is 1110 g/mol. The molecule has 9 rings (SSSR count). The van der Waals surface area contributed by atoms with Crippen molar-refractivity contribution in [1.82, 2.24) is 9.58 Å². The summed E-state index contributed by atoms with van der Waals surface area (Å²) in [6, 6.07) is 0.452. The highest BCUT2D eigenvalue weighted by atomic mass is 19.1. The number of amides is 1. The second-order valence-electron chi connectivity index (χ2n) is 21.6. The fraction of sp³-hybridized carbons (Fsp3) is 0.483. The number of halogens is 1. The van der Waals surface area contributed by atoms with E-state index in [4.69, 9.17) is 23.7 Å². The van der Waals surface area contributed by atoms with Gasteiger partial charge >= 0.3 is 17.7 Å². The molecule has 5 heterocycles. The number of anilines is 2. The summed E-state index contributed by atoms with van der Waals surface area (Å²) in [6.45, 7) is 12.8. The number of aromatic carboxylic acids is 1. The van der Waals surface area contributed by atoms with Crippen molar-refractivity contribution < 1.29 is 77.9 Å². The minimum Gasteiger partial charge on any atom is -0.507 e. The van der Waals surface area contributed by atoms with Crippen LogP contribution in [0.5, 0.6) is 28.7 Å². The van der Waals surface area contributed by atoms with Gasteiger partial charge in [0.15, 0.2) is 17.3 Å². The summed E-state index contributed by atoms with van der Waals surface area (Å²) < 4.78 is 47.8. The number of phenols is 3. The van der Waals surface area contributed by atoms with Crippen LogP contribution in [0.25, 0.3) is 21.7 Å². The van der Waals surface area contributed by atoms with Gasteiger partial charge in [-0.15, -0.1) is 0 Å². The number of esters is 1. The third kappa shape index (κ3) is 10.6. The number of aliphatic hydroxyl groups excluding tert-OH is 2. The van der Waals surface area contributed by atoms with Gasteiger partial charge in [0, 0.05) is 93.5 Å². The zero-order valence-electron chi connectivity index (χ0n) is 46.6. The first-order valence-electron chi connectivity index (χ1n) is 26.6. The molecule has 1 amide bonds. The van der Waals surface area contributed by atoms with E-state index in [1.54, 1.807) is 55.3 Å². The fourth-order valence-electron chi connectivity index (χ4n) is 11.3. The number of ketones is 1. The predicted molar refractivity (Wildman–Crippen MR) is 294 cm³/mol. The number of carbonyl (C=O) groups excluding carboxylic acids is 3. The first-order valence-corrected chi connectivity index (χ1v) is 26.6. The molecule has 1 saturated carbocycles. The number of aliphatic hydroxyl groups is 2. The van der Waals surface area contributed by atoms with Crippen LogP contribution in [0.4, 0.5) is 15.8 Å². The Bertz CT molecular complexity index is 3350. The van der Waals surface area contributed by atoms with Gasteiger partial charge in [-0.3, -0.25) is 24.2 Å². The number of aromatic nitrogens is 1. The number of phenolic OH excluding ortho intramolecular Hbond substituents is 3. The van der Waals surface area contributed by atoms with Gasteiger partial charge in [0.25, 0.3) is 11.7 Å². The number of hydrogen-bond acceptors (Lipinski definition) is 18. The number of nitrogens with one attached hydrogen (secondary N) is 1. The van der Waals surface area contributed by atoms with Crippen molar-refractivity contribution >= 4 is 62.9 Å². The normalized spacial score (nSPS) is 28.3. The minimum atomic E-state index is -2.16. The van der Waals surface area contributed by atoms with Crippen LogP contribution in [-0.2, 0) is 23.8 Å². The number of carboxylic acids is 1. The second-order valence-corrected chi connectivity index (χ2v) is 21.6. The number of hydrogen-bond donors (Lipinski definition) is 7. The molecule has 0 spiro atoms. The number of Topliss-reactive ketones (excluding diaryl/α,β-unsaturated/α-hetero) is 1. The maximum atomic E-state index is 16.5. The molecule has 4 aromatic rings. The molecule has 21 nitrogen and oxygen atoms in total. The van der Waals surface area contributed by atoms with E-state index >= 15 is 4.39 Å². The molecule has 5 bridgehead atoms. The number of carbonyl (C=O) groups is 4. The number of nitrogens with zero attached hydrogens (tertiary/aromatic N) is 4. The van der Waals surface area contributed by atoms with Crippen LogP contribution in [0.1, 0.15) is 112 Å². The molecule has 2 fully saturated rings. The first kappa shape index (κ1) is 58.5. The molecular weight excluding hydrogens is 1040 g/mol. The van der Waals surface area contributed by atoms with Gasteiger partial charge < -0.3 is 69.1 Å². The number of fused-ring (bicyclic) bond motifs is 15. The molecule has 5 aliphatic rings. The molecule has 1 unspecified atom stereocenters. The lowest BCUT2D eigenvalue weighted by molar-refractivity contribution is -0.160. The van der Waals surface area contributed by atoms with E-state index < -0.39 is 129 Å². The smallest absolute Gasteiger partial charge is 0.341 e. The summed E-state index contributed by atoms with van der Waals surface area (Å²) in [5.74, 6) is -11.6. The maximum Gasteiger partial charge on any atom is 0.341 e. The molecule has 4 aliphatic heterocycles. The number of aromatic hydroxyl groups is 3. The summed E-state index contributed by atoms with van der Waals surface area (Å²) in [5, 5.41) is 77.6. The average molecular weight is 1110 g/mol. The largest absolute Gasteiger partial charge is 0.507 e. The highest BCUT2D eigenvalue weighted by Gasteiger charge is 2.50. The Kier molecular flexibility index (Phi) is 16.7. The molecule has 430 valence electrons. The summed E-state index contributed by atoms with van der Waals surface area (Å²) in [7, 11) is 4.39. The number of ether oxygens (including phenoxy) is 5. The zero-order valence-corrected chi connectivity index (χ0v) is 46.6. The standard InChI is InChI=1S/C58H70FN5O16/c1-26-14-12-15-27(2)56(73)61-43-36(23-60-62(9)34-16-13-20-63(24-34)45-38(59)22-35-44(54(45)77-11)64(33-17-18-33)25-37(49(35)69)57(74)75)50(70)40-41(51(43)71)48(68)31(6)53-42(40)55(72)58(8,80-53)78-21-19-39(76-10)28(3)52(79-32(7)65)30(5)47(67)29(4)46(26)66/h12,14-15,19,21-23,25-26,28-30,33-34,39,46-47,52,66-68,70-71H,13,16-18,20,24H2,1-11H3,(H,61,73)(H,74,75)/b14-12+,21-19+,27-15-,60-23+/t26-,28+,29+,30+,34?,39-,46-,47+,52+,58-/m0/s1. The Hall–Kier alpha value is -7.69. The van der Waals surface area contributed by atoms with Gasteiger partial charge in [0.2, 0.25) is 5.43 Å². The number of methoxy groups -OCH3 is 2. The van der Waals surface area contributed by atoms with E-state index in [0.29, 0.717) is 19.4 Å². The van der Waals surface area contributed by atoms with Crippen LogP contribution in [0, 0.1) is 36.4 Å². The van der Waals surface area contributed by atoms with Crippen LogP contribution < -0.4 is 25.1 Å². The van der Waals surface area contributed by atoms with Gasteiger partial charge in [-0.1, -0.05) is 45.9 Å². The van der Waals surface area contributed by atoms with Gasteiger partial charge in [-0.2, -0.15) is 5.10 Å². The molecule has 3 aromatic carbocycles. The summed E-state index contributed by atoms with van der Waals surface area (Å²) in [5.41, 5.74) is -1.92. The van der Waals surface area contributed by atoms with E-state index in [9.17, 15) is 54.6 Å². The first-order chi connectivity index (χ1) is 37.8. The van der Waals surface area contributed by atoms with Crippen molar-refractivity contribution in [1.29, 1.82) is 0 Å². The van der Waals surface area contributed by atoms with E-state index in [-0.39, 0.29) is 68.3 Å². The van der Waals surface area contributed by atoms with Gasteiger partial charge in [0.1, 0.15) is 34.6 Å². The fourth-order valence-corrected chi connectivity index (χ4v) is 11.3. The molecule has 1 aliphatic carbocycles. The van der Waals surface area contributed by atoms with Crippen LogP contribution in [0.15, 0.2) is 58.3 Å². The highest BCUT2D eigenvalue weighted by Crippen LogP contribution is 2.55. The molecule has 10 atom stereocenters. The van der Waals surface area contributed by atoms with Crippen molar-refractivity contribution in [2.75, 3.05) is 44.6 Å². The molecule has 7 N–H and O–H groups in total. The molecular formula is C58H70FN5O16. The average Bonchev–Trinajstić information content (AvgIpc) is 4.38. The number of allylic oxidation sites excluding steroid dienone is 2. The molecule has 0 radical (unpaired) electrons. The van der Waals surface area contributed by atoms with Crippen molar-refractivity contribution in [2.45, 2.75) is 123 Å². The van der Waals surface area contributed by atoms with Crippen LogP contribution in [-0.4, -0.2) is 141 Å². The summed E-state index contributed by atoms with van der Waals surface area (Å²) >= 11 is 0. The number of benzene rings is 3. The van der Waals surface area contributed by atoms with Crippen LogP contribution in [0.3, 0.4) is 0 Å². The molecule has 22 heteroatoms. The third-order valence-corrected chi connectivity index (χ3v) is 16.2. The number of carboxylic acid groups (broad SMARTS) is 1. The van der Waals surface area contributed by atoms with Crippen molar-refractivity contribution in [3.63, 3.8) is 0 Å². The van der Waals surface area contributed by atoms with Crippen molar-refractivity contribution in [2.24, 2.45) is 28.8 Å². The van der Waals surface area contributed by atoms with Gasteiger partial charge in [-0.25, -0.2) is 9.18 Å². The van der Waals surface area contributed by atoms with E-state index in [0.717, 1.165) is 31.4 Å². The van der Waals surface area contributed by atoms with E-state index in [1.165, 1.54) is 66.3 Å². The predicted octanol–water partition coefficient (Wildman–Crippen LogP) is 7.18. The highest BCUT2D eigenvalue weighted by molar-refractivity contribution is 6.24. The lowest BCUT2D eigenvalue weighted by Crippen LogP contribution is -2.46. The Balaban J connectivity index is 1.22. The van der Waals surface area contributed by atoms with Crippen LogP contribution >= 0.6 is 0 Å². The SMILES string of the molecule is COc1c(N2CCCC(N(C)/N=C/c3c4c(O)c5c(O)c(C)c6c(c5c3O)C(=O)[C@@](C)(O/C=C/[C@H](OC)[C@@H](C)[C@@H](OC(C)=O)[C@H](C)[C@H](O)[C@H](C)[C@@H](O)[C@@H](C)/C=C/C=C(/C)C(=O)N4)O6)C2)c(F)cc2c(=O)c(C(=O)O)cn(C3CC3)c12. The summed E-state index contributed by atoms with van der Waals surface area (Å²) in [6.07, 6.45) is 8.02. The minimum absolute atomic E-state index is 0.0233. The Morgan fingerprint density at radius 2 is 1.66 bits per heavy atom. The van der Waals surface area contributed by atoms with Crippen molar-refractivity contribution in [3.8, 4) is 28.7 Å². The Labute approximate surface area is 461 Å². The molecule has 1 aromatic heterocycles. The summed E-state index contributed by atoms with van der Waals surface area (Å²) in [4.78, 5) is 68.7. The third-order valence-electron chi connectivity index (χ3n) is 16.2. The molecule has 80 heavy (non-hydrogen) atoms. The van der Waals surface area contributed by atoms with Crippen LogP contribution in [0.2, 0.25) is 0 Å². The number of pyridine rings is 1. The number of rotatable bonds is 9. The Morgan fingerprint density at radius 1 is 0.963 bits per heavy atom. The lowest BCUT2D eigenvalue weighted by atomic mass is 9.78. The topological polar surface area (TPSA) is 289 Å². The number of hydrazone groups is 1. The maximum absolute atomic E-state index is 16.5. The quantitative estimate of drug-likeness (QED) is 0.0287. The number of likely N-dealkylation sites (N-methyl/N-ethyl adjacent to an activating group) is 1. The van der Waals surface area contributed by atoms with Gasteiger partial charge in [0.05, 0.1) is 77.0 Å². The molecule has 1 saturated heterocycles. The lowest BCUT2D eigenvalue weighted by Gasteiger charge is -2.38.